The minimum absolute atomic E-state index is 0.110. The van der Waals surface area contributed by atoms with Crippen LogP contribution >= 0.6 is 0 Å². The van der Waals surface area contributed by atoms with Crippen molar-refractivity contribution in [2.75, 3.05) is 6.61 Å². The molecule has 2 aromatic carbocycles. The van der Waals surface area contributed by atoms with Crippen molar-refractivity contribution in [2.45, 2.75) is 57.8 Å². The average Bonchev–Trinajstić information content (AvgIpc) is 2.69. The molecule has 142 valence electrons. The highest BCUT2D eigenvalue weighted by Crippen LogP contribution is 2.34. The molecule has 1 heterocycles. The number of ether oxygens (including phenoxy) is 1. The maximum Gasteiger partial charge on any atom is 0.0994 e. The fourth-order valence-corrected chi connectivity index (χ4v) is 3.72. The Morgan fingerprint density at radius 3 is 2.48 bits per heavy atom. The van der Waals surface area contributed by atoms with Crippen molar-refractivity contribution in [2.24, 2.45) is 0 Å². The summed E-state index contributed by atoms with van der Waals surface area (Å²) in [6.07, 6.45) is 1.52. The first-order valence-electron chi connectivity index (χ1n) is 9.59. The summed E-state index contributed by atoms with van der Waals surface area (Å²) in [6.45, 7) is 4.01. The molecule has 0 spiro atoms. The summed E-state index contributed by atoms with van der Waals surface area (Å²) < 4.78 is 5.95. The van der Waals surface area contributed by atoms with Crippen LogP contribution < -0.4 is 0 Å². The summed E-state index contributed by atoms with van der Waals surface area (Å²) in [7, 11) is 0. The number of aryl methyl sites for hydroxylation is 1. The first kappa shape index (κ1) is 19.6. The van der Waals surface area contributed by atoms with Crippen LogP contribution in [-0.2, 0) is 17.6 Å². The van der Waals surface area contributed by atoms with Crippen LogP contribution in [0.15, 0.2) is 36.4 Å². The van der Waals surface area contributed by atoms with Crippen molar-refractivity contribution >= 4 is 0 Å². The summed E-state index contributed by atoms with van der Waals surface area (Å²) in [5, 5.41) is 29.1. The predicted molar refractivity (Wildman–Crippen MR) is 104 cm³/mol. The molecule has 4 nitrogen and oxygen atoms in total. The zero-order chi connectivity index (χ0) is 19.4. The van der Waals surface area contributed by atoms with Gasteiger partial charge in [0.05, 0.1) is 36.6 Å². The van der Waals surface area contributed by atoms with E-state index >= 15 is 0 Å². The smallest absolute Gasteiger partial charge is 0.0994 e. The van der Waals surface area contributed by atoms with E-state index in [1.165, 1.54) is 11.1 Å². The third-order valence-corrected chi connectivity index (χ3v) is 5.44. The van der Waals surface area contributed by atoms with Crippen molar-refractivity contribution in [1.29, 1.82) is 5.26 Å². The van der Waals surface area contributed by atoms with Crippen LogP contribution in [0.5, 0.6) is 0 Å². The molecule has 0 radical (unpaired) electrons. The monoisotopic (exact) mass is 365 g/mol. The van der Waals surface area contributed by atoms with Gasteiger partial charge in [-0.25, -0.2) is 0 Å². The van der Waals surface area contributed by atoms with Gasteiger partial charge in [-0.3, -0.25) is 0 Å². The van der Waals surface area contributed by atoms with E-state index in [9.17, 15) is 15.5 Å². The molecule has 0 aliphatic carbocycles. The predicted octanol–water partition coefficient (Wildman–Crippen LogP) is 3.59. The van der Waals surface area contributed by atoms with Crippen molar-refractivity contribution in [3.05, 3.63) is 69.8 Å². The number of nitrogens with zero attached hydrogens (tertiary/aromatic N) is 1. The molecule has 1 fully saturated rings. The van der Waals surface area contributed by atoms with E-state index in [0.29, 0.717) is 18.4 Å². The maximum absolute atomic E-state index is 10.1. The van der Waals surface area contributed by atoms with Crippen LogP contribution in [-0.4, -0.2) is 29.0 Å². The molecule has 3 rings (SSSR count). The van der Waals surface area contributed by atoms with Gasteiger partial charge in [-0.15, -0.1) is 0 Å². The molecule has 1 aliphatic heterocycles. The van der Waals surface area contributed by atoms with E-state index in [1.807, 2.05) is 13.0 Å². The summed E-state index contributed by atoms with van der Waals surface area (Å²) in [5.74, 6) is 0. The van der Waals surface area contributed by atoms with Crippen LogP contribution in [0, 0.1) is 18.3 Å². The highest BCUT2D eigenvalue weighted by molar-refractivity contribution is 5.47. The molecule has 0 bridgehead atoms. The molecule has 3 unspecified atom stereocenters. The van der Waals surface area contributed by atoms with Gasteiger partial charge >= 0.3 is 0 Å². The Labute approximate surface area is 161 Å². The van der Waals surface area contributed by atoms with Crippen molar-refractivity contribution < 1.29 is 14.9 Å². The number of nitriles is 1. The van der Waals surface area contributed by atoms with Gasteiger partial charge < -0.3 is 14.9 Å². The highest BCUT2D eigenvalue weighted by atomic mass is 16.5. The SMILES string of the molecule is CCc1ccc(Cc2cc(C3CC(O)CC(CO)O3)cc(C#N)c2C)cc1. The van der Waals surface area contributed by atoms with Crippen LogP contribution in [0.4, 0.5) is 0 Å². The van der Waals surface area contributed by atoms with E-state index in [0.717, 1.165) is 29.5 Å². The molecule has 2 aromatic rings. The van der Waals surface area contributed by atoms with E-state index in [4.69, 9.17) is 4.74 Å². The molecule has 4 heteroatoms. The lowest BCUT2D eigenvalue weighted by Crippen LogP contribution is -2.33. The van der Waals surface area contributed by atoms with Gasteiger partial charge in [-0.05, 0) is 53.6 Å². The minimum atomic E-state index is -0.502. The normalized spacial score (nSPS) is 22.4. The molecule has 27 heavy (non-hydrogen) atoms. The number of rotatable bonds is 5. The lowest BCUT2D eigenvalue weighted by atomic mass is 9.89. The van der Waals surface area contributed by atoms with Gasteiger partial charge in [0.25, 0.3) is 0 Å². The molecular weight excluding hydrogens is 338 g/mol. The minimum Gasteiger partial charge on any atom is -0.394 e. The Morgan fingerprint density at radius 2 is 1.85 bits per heavy atom. The maximum atomic E-state index is 10.1. The Morgan fingerprint density at radius 1 is 1.15 bits per heavy atom. The molecule has 1 aliphatic rings. The fraction of sp³-hybridized carbons (Fsp3) is 0.435. The summed E-state index contributed by atoms with van der Waals surface area (Å²) in [6, 6.07) is 14.8. The van der Waals surface area contributed by atoms with Crippen molar-refractivity contribution in [3.8, 4) is 6.07 Å². The first-order valence-corrected chi connectivity index (χ1v) is 9.59. The zero-order valence-electron chi connectivity index (χ0n) is 16.0. The summed E-state index contributed by atoms with van der Waals surface area (Å²) >= 11 is 0. The van der Waals surface area contributed by atoms with Crippen LogP contribution in [0.2, 0.25) is 0 Å². The molecular formula is C23H27NO3. The topological polar surface area (TPSA) is 73.5 Å². The largest absolute Gasteiger partial charge is 0.394 e. The van der Waals surface area contributed by atoms with E-state index in [1.54, 1.807) is 0 Å². The molecule has 1 saturated heterocycles. The van der Waals surface area contributed by atoms with Gasteiger partial charge in [0.2, 0.25) is 0 Å². The lowest BCUT2D eigenvalue weighted by Gasteiger charge is -2.33. The van der Waals surface area contributed by atoms with E-state index < -0.39 is 6.10 Å². The lowest BCUT2D eigenvalue weighted by molar-refractivity contribution is -0.113. The van der Waals surface area contributed by atoms with Gasteiger partial charge in [0.15, 0.2) is 0 Å². The second-order valence-electron chi connectivity index (χ2n) is 7.37. The quantitative estimate of drug-likeness (QED) is 0.849. The number of hydrogen-bond acceptors (Lipinski definition) is 4. The first-order chi connectivity index (χ1) is 13.0. The number of hydrogen-bond donors (Lipinski definition) is 2. The average molecular weight is 365 g/mol. The van der Waals surface area contributed by atoms with E-state index in [2.05, 4.69) is 43.3 Å². The molecule has 0 amide bonds. The molecule has 3 atom stereocenters. The second kappa shape index (κ2) is 8.67. The number of aliphatic hydroxyl groups excluding tert-OH is 2. The van der Waals surface area contributed by atoms with Crippen molar-refractivity contribution in [3.63, 3.8) is 0 Å². The fourth-order valence-electron chi connectivity index (χ4n) is 3.72. The standard InChI is InChI=1S/C23H27NO3/c1-3-16-4-6-17(7-5-16)8-18-9-19(10-20(13-24)15(18)2)23-12-21(26)11-22(14-25)27-23/h4-7,9-10,21-23,25-26H,3,8,11-12,14H2,1-2H3. The van der Waals surface area contributed by atoms with Gasteiger partial charge in [-0.2, -0.15) is 5.26 Å². The Hall–Kier alpha value is -2.19. The van der Waals surface area contributed by atoms with Crippen molar-refractivity contribution in [1.82, 2.24) is 0 Å². The van der Waals surface area contributed by atoms with Gasteiger partial charge in [0.1, 0.15) is 0 Å². The Kier molecular flexibility index (Phi) is 6.28. The molecule has 0 saturated carbocycles. The number of aliphatic hydroxyl groups is 2. The number of benzene rings is 2. The van der Waals surface area contributed by atoms with Gasteiger partial charge in [0, 0.05) is 12.8 Å². The second-order valence-corrected chi connectivity index (χ2v) is 7.37. The Balaban J connectivity index is 1.92. The van der Waals surface area contributed by atoms with Crippen LogP contribution in [0.3, 0.4) is 0 Å². The van der Waals surface area contributed by atoms with Crippen LogP contribution in [0.25, 0.3) is 0 Å². The third-order valence-electron chi connectivity index (χ3n) is 5.44. The van der Waals surface area contributed by atoms with Crippen LogP contribution in [0.1, 0.15) is 59.3 Å². The summed E-state index contributed by atoms with van der Waals surface area (Å²) in [4.78, 5) is 0. The zero-order valence-corrected chi connectivity index (χ0v) is 16.0. The highest BCUT2D eigenvalue weighted by Gasteiger charge is 2.29. The van der Waals surface area contributed by atoms with E-state index in [-0.39, 0.29) is 18.8 Å². The molecule has 0 aromatic heterocycles. The molecule has 2 N–H and O–H groups in total. The van der Waals surface area contributed by atoms with Gasteiger partial charge in [-0.1, -0.05) is 37.3 Å². The Bertz CT molecular complexity index is 823. The third kappa shape index (κ3) is 4.56. The summed E-state index contributed by atoms with van der Waals surface area (Å²) in [5.41, 5.74) is 6.12.